The zero-order valence-corrected chi connectivity index (χ0v) is 33.0. The van der Waals surface area contributed by atoms with Crippen LogP contribution in [0.2, 0.25) is 0 Å². The predicted molar refractivity (Wildman–Crippen MR) is 260 cm³/mol. The highest BCUT2D eigenvalue weighted by molar-refractivity contribution is 6.30. The molecule has 0 N–H and O–H groups in total. The first-order chi connectivity index (χ1) is 30.2. The third-order valence-electron chi connectivity index (χ3n) is 13.6. The van der Waals surface area contributed by atoms with E-state index in [1.807, 2.05) is 0 Å². The Hall–Kier alpha value is -8.00. The van der Waals surface area contributed by atoms with Crippen molar-refractivity contribution in [2.24, 2.45) is 0 Å². The van der Waals surface area contributed by atoms with Crippen LogP contribution < -0.4 is 0 Å². The third kappa shape index (κ3) is 4.66. The number of furan rings is 1. The molecule has 0 radical (unpaired) electrons. The van der Waals surface area contributed by atoms with E-state index in [2.05, 4.69) is 206 Å². The second-order valence-electron chi connectivity index (χ2n) is 16.7. The highest BCUT2D eigenvalue weighted by Gasteiger charge is 2.21. The van der Waals surface area contributed by atoms with Crippen LogP contribution >= 0.6 is 0 Å². The maximum atomic E-state index is 6.98. The molecule has 13 aromatic carbocycles. The molecular weight excluding hydrogens is 737 g/mol. The molecule has 280 valence electrons. The molecule has 0 aliphatic carbocycles. The molecule has 0 fully saturated rings. The highest BCUT2D eigenvalue weighted by atomic mass is 16.3. The molecule has 0 amide bonds. The van der Waals surface area contributed by atoms with Crippen molar-refractivity contribution in [3.8, 4) is 44.5 Å². The minimum atomic E-state index is 0.895. The van der Waals surface area contributed by atoms with Crippen LogP contribution in [0.4, 0.5) is 0 Å². The lowest BCUT2D eigenvalue weighted by Gasteiger charge is -2.17. The Kier molecular flexibility index (Phi) is 6.62. The van der Waals surface area contributed by atoms with E-state index in [1.165, 1.54) is 103 Å². The van der Waals surface area contributed by atoms with E-state index in [-0.39, 0.29) is 0 Å². The number of benzene rings is 13. The zero-order chi connectivity index (χ0) is 39.8. The van der Waals surface area contributed by atoms with E-state index in [0.717, 1.165) is 38.5 Å². The van der Waals surface area contributed by atoms with E-state index in [9.17, 15) is 0 Å². The van der Waals surface area contributed by atoms with Crippen LogP contribution in [0.3, 0.4) is 0 Å². The molecule has 1 heteroatoms. The molecule has 0 spiro atoms. The Morgan fingerprint density at radius 2 is 0.705 bits per heavy atom. The van der Waals surface area contributed by atoms with Crippen LogP contribution in [0, 0.1) is 0 Å². The molecule has 0 saturated carbocycles. The van der Waals surface area contributed by atoms with Crippen molar-refractivity contribution < 1.29 is 4.42 Å². The minimum absolute atomic E-state index is 0.895. The van der Waals surface area contributed by atoms with E-state index in [1.54, 1.807) is 0 Å². The maximum absolute atomic E-state index is 6.98. The highest BCUT2D eigenvalue weighted by Crippen LogP contribution is 2.47. The van der Waals surface area contributed by atoms with E-state index < -0.39 is 0 Å². The van der Waals surface area contributed by atoms with E-state index in [0.29, 0.717) is 0 Å². The summed E-state index contributed by atoms with van der Waals surface area (Å²) in [5.41, 5.74) is 11.4. The van der Waals surface area contributed by atoms with Gasteiger partial charge in [-0.1, -0.05) is 188 Å². The summed E-state index contributed by atoms with van der Waals surface area (Å²) in [6.45, 7) is 0. The molecule has 0 atom stereocenters. The number of rotatable bonds is 4. The van der Waals surface area contributed by atoms with Gasteiger partial charge in [0.2, 0.25) is 0 Å². The van der Waals surface area contributed by atoms with Crippen LogP contribution in [0.1, 0.15) is 0 Å². The number of fused-ring (bicyclic) bond motifs is 5. The van der Waals surface area contributed by atoms with Gasteiger partial charge in [-0.3, -0.25) is 0 Å². The van der Waals surface area contributed by atoms with Crippen molar-refractivity contribution in [1.82, 2.24) is 0 Å². The van der Waals surface area contributed by atoms with E-state index >= 15 is 0 Å². The maximum Gasteiger partial charge on any atom is 0.143 e. The summed E-state index contributed by atoms with van der Waals surface area (Å²) in [5.74, 6) is 0. The van der Waals surface area contributed by atoms with Crippen molar-refractivity contribution >= 4 is 97.3 Å². The molecule has 14 aromatic rings. The summed E-state index contributed by atoms with van der Waals surface area (Å²) in [5, 5.41) is 20.1. The Morgan fingerprint density at radius 3 is 1.39 bits per heavy atom. The first-order valence-electron chi connectivity index (χ1n) is 21.2. The number of hydrogen-bond donors (Lipinski definition) is 0. The van der Waals surface area contributed by atoms with Gasteiger partial charge in [-0.15, -0.1) is 0 Å². The third-order valence-corrected chi connectivity index (χ3v) is 13.6. The zero-order valence-electron chi connectivity index (χ0n) is 33.0. The van der Waals surface area contributed by atoms with Crippen molar-refractivity contribution in [3.63, 3.8) is 0 Å². The largest absolute Gasteiger partial charge is 0.455 e. The minimum Gasteiger partial charge on any atom is -0.455 e. The van der Waals surface area contributed by atoms with Gasteiger partial charge in [0.15, 0.2) is 0 Å². The van der Waals surface area contributed by atoms with Crippen LogP contribution in [0.5, 0.6) is 0 Å². The lowest BCUT2D eigenvalue weighted by atomic mass is 9.85. The van der Waals surface area contributed by atoms with Gasteiger partial charge < -0.3 is 4.42 Å². The first kappa shape index (κ1) is 32.9. The molecule has 1 aromatic heterocycles. The molecule has 0 bridgehead atoms. The summed E-state index contributed by atoms with van der Waals surface area (Å²) in [6, 6.07) is 76.3. The van der Waals surface area contributed by atoms with Gasteiger partial charge in [0.25, 0.3) is 0 Å². The average molecular weight is 771 g/mol. The Labute approximate surface area is 351 Å². The van der Waals surface area contributed by atoms with E-state index in [4.69, 9.17) is 4.42 Å². The van der Waals surface area contributed by atoms with Gasteiger partial charge in [0.05, 0.1) is 0 Å². The summed E-state index contributed by atoms with van der Waals surface area (Å²) in [4.78, 5) is 0. The monoisotopic (exact) mass is 770 g/mol. The van der Waals surface area contributed by atoms with Gasteiger partial charge in [-0.2, -0.15) is 0 Å². The second-order valence-corrected chi connectivity index (χ2v) is 16.7. The van der Waals surface area contributed by atoms with Gasteiger partial charge >= 0.3 is 0 Å². The molecule has 0 unspecified atom stereocenters. The fourth-order valence-electron chi connectivity index (χ4n) is 10.7. The second kappa shape index (κ2) is 12.3. The molecule has 0 saturated heterocycles. The van der Waals surface area contributed by atoms with Gasteiger partial charge in [-0.05, 0) is 133 Å². The fraction of sp³-hybridized carbons (Fsp3) is 0. The summed E-state index contributed by atoms with van der Waals surface area (Å²) >= 11 is 0. The van der Waals surface area contributed by atoms with Crippen LogP contribution in [0.15, 0.2) is 211 Å². The Balaban J connectivity index is 0.995. The molecule has 61 heavy (non-hydrogen) atoms. The van der Waals surface area contributed by atoms with Crippen molar-refractivity contribution in [3.05, 3.63) is 206 Å². The SMILES string of the molecule is c1ccc(-c2ccc3ccc4c(-c5cc(-c6ccc(-c7ccc8ccc9cccc%10ccc7c8c9%10)cc6)cc6oc7c8ccccc8ccc7c56)ccc5ccc2c3c54)cc1. The van der Waals surface area contributed by atoms with Crippen LogP contribution in [-0.4, -0.2) is 0 Å². The van der Waals surface area contributed by atoms with Crippen LogP contribution in [-0.2, 0) is 0 Å². The van der Waals surface area contributed by atoms with Crippen molar-refractivity contribution in [2.75, 3.05) is 0 Å². The lowest BCUT2D eigenvalue weighted by Crippen LogP contribution is -1.90. The molecule has 1 heterocycles. The van der Waals surface area contributed by atoms with Crippen molar-refractivity contribution in [1.29, 1.82) is 0 Å². The van der Waals surface area contributed by atoms with Crippen LogP contribution in [0.25, 0.3) is 142 Å². The average Bonchev–Trinajstić information content (AvgIpc) is 3.72. The van der Waals surface area contributed by atoms with Gasteiger partial charge in [0.1, 0.15) is 11.2 Å². The Morgan fingerprint density at radius 1 is 0.230 bits per heavy atom. The first-order valence-corrected chi connectivity index (χ1v) is 21.2. The lowest BCUT2D eigenvalue weighted by molar-refractivity contribution is 0.673. The summed E-state index contributed by atoms with van der Waals surface area (Å²) in [7, 11) is 0. The summed E-state index contributed by atoms with van der Waals surface area (Å²) in [6.07, 6.45) is 0. The predicted octanol–water partition coefficient (Wildman–Crippen LogP) is 17.2. The topological polar surface area (TPSA) is 13.1 Å². The Bertz CT molecular complexity index is 4060. The van der Waals surface area contributed by atoms with Crippen molar-refractivity contribution in [2.45, 2.75) is 0 Å². The van der Waals surface area contributed by atoms with Gasteiger partial charge in [0, 0.05) is 16.2 Å². The standard InChI is InChI=1S/C60H34O/c1-2-7-36(8-3-1)45-26-21-42-25-31-51-48(28-22-43-24-30-50(45)57(42)58(43)51)53-33-44(34-54-59(53)52-32-19-37-9-4-5-12-47(37)60(52)61-54)35-13-15-38(16-14-35)46-27-20-41-18-17-39-10-6-11-40-23-29-49(46)56(41)55(39)40/h1-34H. The molecule has 1 nitrogen and oxygen atoms in total. The number of hydrogen-bond acceptors (Lipinski definition) is 1. The van der Waals surface area contributed by atoms with Gasteiger partial charge in [-0.25, -0.2) is 0 Å². The molecule has 14 rings (SSSR count). The fourth-order valence-corrected chi connectivity index (χ4v) is 10.7. The molecular formula is C60H34O. The smallest absolute Gasteiger partial charge is 0.143 e. The summed E-state index contributed by atoms with van der Waals surface area (Å²) < 4.78 is 6.98. The normalized spacial score (nSPS) is 12.3. The molecule has 0 aliphatic rings. The molecule has 0 aliphatic heterocycles. The quantitative estimate of drug-likeness (QED) is 0.162.